The van der Waals surface area contributed by atoms with Gasteiger partial charge in [-0.05, 0) is 20.0 Å². The normalized spacial score (nSPS) is 10.1. The van der Waals surface area contributed by atoms with Gasteiger partial charge in [0.2, 0.25) is 0 Å². The van der Waals surface area contributed by atoms with Crippen molar-refractivity contribution in [2.75, 3.05) is 13.6 Å². The van der Waals surface area contributed by atoms with Crippen molar-refractivity contribution < 1.29 is 4.52 Å². The van der Waals surface area contributed by atoms with Crippen LogP contribution < -0.4 is 10.9 Å². The molecule has 2 N–H and O–H groups in total. The minimum absolute atomic E-state index is 0.129. The molecule has 0 radical (unpaired) electrons. The Hall–Kier alpha value is -1.03. The number of hydrogen-bond donors (Lipinski definition) is 2. The Morgan fingerprint density at radius 3 is 3.10 bits per heavy atom. The zero-order valence-corrected chi connectivity index (χ0v) is 5.81. The summed E-state index contributed by atoms with van der Waals surface area (Å²) in [6, 6.07) is 0. The van der Waals surface area contributed by atoms with Gasteiger partial charge in [0.05, 0.1) is 5.56 Å². The highest BCUT2D eigenvalue weighted by molar-refractivity contribution is 5.01. The first-order valence-electron chi connectivity index (χ1n) is 3.14. The third kappa shape index (κ3) is 1.48. The van der Waals surface area contributed by atoms with E-state index in [2.05, 4.69) is 15.0 Å². The molecule has 0 aliphatic carbocycles. The second-order valence-corrected chi connectivity index (χ2v) is 2.05. The number of H-pyrrole nitrogens is 1. The first-order valence-corrected chi connectivity index (χ1v) is 3.14. The molecule has 0 saturated heterocycles. The van der Waals surface area contributed by atoms with Gasteiger partial charge in [0.1, 0.15) is 6.26 Å². The molecule has 1 aromatic rings. The molecular weight excluding hydrogens is 132 g/mol. The summed E-state index contributed by atoms with van der Waals surface area (Å²) in [7, 11) is 1.84. The fourth-order valence-corrected chi connectivity index (χ4v) is 0.705. The van der Waals surface area contributed by atoms with Gasteiger partial charge in [0, 0.05) is 0 Å². The number of nitrogens with one attached hydrogen (secondary N) is 2. The topological polar surface area (TPSA) is 58.0 Å². The van der Waals surface area contributed by atoms with Crippen molar-refractivity contribution in [2.24, 2.45) is 0 Å². The average molecular weight is 142 g/mol. The van der Waals surface area contributed by atoms with Crippen molar-refractivity contribution in [1.29, 1.82) is 0 Å². The van der Waals surface area contributed by atoms with Gasteiger partial charge in [-0.3, -0.25) is 4.79 Å². The molecule has 0 saturated carbocycles. The summed E-state index contributed by atoms with van der Waals surface area (Å²) < 4.78 is 4.58. The van der Waals surface area contributed by atoms with Crippen LogP contribution in [0.4, 0.5) is 0 Å². The SMILES string of the molecule is CNCCc1co[nH]c1=O. The van der Waals surface area contributed by atoms with E-state index in [1.165, 1.54) is 6.26 Å². The van der Waals surface area contributed by atoms with E-state index < -0.39 is 0 Å². The predicted octanol–water partition coefficient (Wildman–Crippen LogP) is -0.270. The van der Waals surface area contributed by atoms with E-state index in [4.69, 9.17) is 0 Å². The molecule has 1 rings (SSSR count). The van der Waals surface area contributed by atoms with Gasteiger partial charge >= 0.3 is 0 Å². The molecule has 0 aromatic carbocycles. The van der Waals surface area contributed by atoms with Gasteiger partial charge in [0.25, 0.3) is 5.56 Å². The Labute approximate surface area is 58.2 Å². The maximum Gasteiger partial charge on any atom is 0.283 e. The van der Waals surface area contributed by atoms with Crippen LogP contribution in [0.3, 0.4) is 0 Å². The molecule has 10 heavy (non-hydrogen) atoms. The van der Waals surface area contributed by atoms with Crippen molar-refractivity contribution in [2.45, 2.75) is 6.42 Å². The lowest BCUT2D eigenvalue weighted by Crippen LogP contribution is -2.14. The van der Waals surface area contributed by atoms with E-state index in [1.807, 2.05) is 7.05 Å². The van der Waals surface area contributed by atoms with E-state index in [9.17, 15) is 4.79 Å². The van der Waals surface area contributed by atoms with Crippen molar-refractivity contribution in [3.8, 4) is 0 Å². The summed E-state index contributed by atoms with van der Waals surface area (Å²) in [5.41, 5.74) is 0.560. The van der Waals surface area contributed by atoms with Crippen LogP contribution in [-0.2, 0) is 6.42 Å². The molecular formula is C6H10N2O2. The largest absolute Gasteiger partial charge is 0.387 e. The molecule has 0 atom stereocenters. The molecule has 0 bridgehead atoms. The van der Waals surface area contributed by atoms with Gasteiger partial charge in [0.15, 0.2) is 0 Å². The lowest BCUT2D eigenvalue weighted by atomic mass is 10.2. The second kappa shape index (κ2) is 3.22. The van der Waals surface area contributed by atoms with E-state index in [0.717, 1.165) is 6.54 Å². The number of hydrogen-bond acceptors (Lipinski definition) is 3. The fraction of sp³-hybridized carbons (Fsp3) is 0.500. The molecule has 0 unspecified atom stereocenters. The standard InChI is InChI=1S/C6H10N2O2/c1-7-3-2-5-4-10-8-6(5)9/h4,7H,2-3H2,1H3,(H,8,9). The summed E-state index contributed by atoms with van der Waals surface area (Å²) in [6.45, 7) is 0.794. The summed E-state index contributed by atoms with van der Waals surface area (Å²) in [5.74, 6) is 0. The van der Waals surface area contributed by atoms with Crippen LogP contribution in [-0.4, -0.2) is 18.7 Å². The quantitative estimate of drug-likeness (QED) is 0.610. The molecule has 0 spiro atoms. The Balaban J connectivity index is 2.57. The molecule has 0 amide bonds. The zero-order chi connectivity index (χ0) is 7.40. The Bertz CT molecular complexity index is 238. The molecule has 1 heterocycles. The number of aromatic nitrogens is 1. The predicted molar refractivity (Wildman–Crippen MR) is 37.0 cm³/mol. The van der Waals surface area contributed by atoms with E-state index >= 15 is 0 Å². The van der Waals surface area contributed by atoms with Gasteiger partial charge < -0.3 is 9.84 Å². The lowest BCUT2D eigenvalue weighted by Gasteiger charge is -1.90. The Kier molecular flexibility index (Phi) is 2.28. The van der Waals surface area contributed by atoms with Crippen LogP contribution >= 0.6 is 0 Å². The van der Waals surface area contributed by atoms with E-state index in [0.29, 0.717) is 12.0 Å². The lowest BCUT2D eigenvalue weighted by molar-refractivity contribution is 0.413. The average Bonchev–Trinajstić information content (AvgIpc) is 2.31. The second-order valence-electron chi connectivity index (χ2n) is 2.05. The monoisotopic (exact) mass is 142 g/mol. The highest BCUT2D eigenvalue weighted by Crippen LogP contribution is 1.88. The van der Waals surface area contributed by atoms with Crippen LogP contribution in [0.25, 0.3) is 0 Å². The first kappa shape index (κ1) is 7.08. The molecule has 4 heteroatoms. The molecule has 0 aliphatic rings. The summed E-state index contributed by atoms with van der Waals surface area (Å²) in [5, 5.41) is 5.16. The smallest absolute Gasteiger partial charge is 0.283 e. The van der Waals surface area contributed by atoms with Crippen molar-refractivity contribution >= 4 is 0 Å². The van der Waals surface area contributed by atoms with Gasteiger partial charge in [-0.1, -0.05) is 0 Å². The minimum Gasteiger partial charge on any atom is -0.387 e. The van der Waals surface area contributed by atoms with Crippen LogP contribution in [0.1, 0.15) is 5.56 Å². The van der Waals surface area contributed by atoms with Crippen LogP contribution in [0.2, 0.25) is 0 Å². The van der Waals surface area contributed by atoms with Crippen molar-refractivity contribution in [1.82, 2.24) is 10.5 Å². The highest BCUT2D eigenvalue weighted by Gasteiger charge is 1.98. The molecule has 1 aromatic heterocycles. The summed E-state index contributed by atoms with van der Waals surface area (Å²) in [4.78, 5) is 10.7. The molecule has 56 valence electrons. The summed E-state index contributed by atoms with van der Waals surface area (Å²) >= 11 is 0. The van der Waals surface area contributed by atoms with E-state index in [-0.39, 0.29) is 5.56 Å². The number of likely N-dealkylation sites (N-methyl/N-ethyl adjacent to an activating group) is 1. The van der Waals surface area contributed by atoms with Crippen LogP contribution in [0.15, 0.2) is 15.6 Å². The van der Waals surface area contributed by atoms with Gasteiger partial charge in [-0.25, -0.2) is 0 Å². The Morgan fingerprint density at radius 2 is 2.60 bits per heavy atom. The first-order chi connectivity index (χ1) is 4.84. The number of aromatic amines is 1. The molecule has 0 aliphatic heterocycles. The van der Waals surface area contributed by atoms with Gasteiger partial charge in [-0.15, -0.1) is 0 Å². The van der Waals surface area contributed by atoms with Crippen LogP contribution in [0, 0.1) is 0 Å². The maximum atomic E-state index is 10.7. The highest BCUT2D eigenvalue weighted by atomic mass is 16.5. The number of rotatable bonds is 3. The fourth-order valence-electron chi connectivity index (χ4n) is 0.705. The van der Waals surface area contributed by atoms with Gasteiger partial charge in [-0.2, -0.15) is 5.16 Å². The third-order valence-corrected chi connectivity index (χ3v) is 1.29. The Morgan fingerprint density at radius 1 is 1.80 bits per heavy atom. The zero-order valence-electron chi connectivity index (χ0n) is 5.81. The van der Waals surface area contributed by atoms with Crippen molar-refractivity contribution in [3.05, 3.63) is 22.2 Å². The minimum atomic E-state index is -0.129. The third-order valence-electron chi connectivity index (χ3n) is 1.29. The van der Waals surface area contributed by atoms with E-state index in [1.54, 1.807) is 0 Å². The maximum absolute atomic E-state index is 10.7. The molecule has 0 fully saturated rings. The van der Waals surface area contributed by atoms with Crippen LogP contribution in [0.5, 0.6) is 0 Å². The molecule has 4 nitrogen and oxygen atoms in total. The summed E-state index contributed by atoms with van der Waals surface area (Å²) in [6.07, 6.45) is 2.15. The van der Waals surface area contributed by atoms with Crippen molar-refractivity contribution in [3.63, 3.8) is 0 Å².